The third kappa shape index (κ3) is 3.53. The Balaban J connectivity index is 1.75. The Morgan fingerprint density at radius 2 is 2.17 bits per heavy atom. The predicted molar refractivity (Wildman–Crippen MR) is 95.3 cm³/mol. The second kappa shape index (κ2) is 7.46. The van der Waals surface area contributed by atoms with Crippen LogP contribution >= 0.6 is 15.9 Å². The van der Waals surface area contributed by atoms with Crippen molar-refractivity contribution in [1.82, 2.24) is 20.4 Å². The minimum absolute atomic E-state index is 0.0561. The lowest BCUT2D eigenvalue weighted by molar-refractivity contribution is 0.0926. The number of amides is 1. The zero-order valence-electron chi connectivity index (χ0n) is 13.5. The first-order valence-electron chi connectivity index (χ1n) is 8.10. The topological polar surface area (TPSA) is 79.2 Å². The fourth-order valence-corrected chi connectivity index (χ4v) is 3.22. The Morgan fingerprint density at radius 1 is 1.42 bits per heavy atom. The summed E-state index contributed by atoms with van der Waals surface area (Å²) in [6.45, 7) is 3.77. The van der Waals surface area contributed by atoms with Crippen molar-refractivity contribution in [1.29, 1.82) is 0 Å². The number of benzene rings is 1. The van der Waals surface area contributed by atoms with Crippen LogP contribution in [0.25, 0.3) is 5.69 Å². The third-order valence-electron chi connectivity index (χ3n) is 4.35. The van der Waals surface area contributed by atoms with Crippen LogP contribution in [0.5, 0.6) is 0 Å². The molecule has 1 saturated heterocycles. The number of nitrogens with zero attached hydrogens (tertiary/aromatic N) is 2. The van der Waals surface area contributed by atoms with E-state index in [1.165, 1.54) is 0 Å². The molecule has 128 valence electrons. The molecule has 6 nitrogen and oxygen atoms in total. The summed E-state index contributed by atoms with van der Waals surface area (Å²) < 4.78 is 2.80. The average molecular weight is 393 g/mol. The maximum absolute atomic E-state index is 12.5. The lowest BCUT2D eigenvalue weighted by Gasteiger charge is -2.14. The van der Waals surface area contributed by atoms with Crippen LogP contribution in [0.3, 0.4) is 0 Å². The molecule has 0 bridgehead atoms. The molecule has 1 aliphatic rings. The van der Waals surface area contributed by atoms with E-state index in [1.54, 1.807) is 10.9 Å². The Morgan fingerprint density at radius 3 is 2.79 bits per heavy atom. The number of hydrogen-bond donors (Lipinski definition) is 3. The van der Waals surface area contributed by atoms with E-state index in [0.717, 1.165) is 22.4 Å². The summed E-state index contributed by atoms with van der Waals surface area (Å²) in [5.74, 6) is -0.0881. The van der Waals surface area contributed by atoms with Crippen LogP contribution in [0.1, 0.15) is 23.0 Å². The van der Waals surface area contributed by atoms with Gasteiger partial charge in [-0.2, -0.15) is 5.10 Å². The minimum atomic E-state index is -0.401. The number of aliphatic hydroxyl groups is 1. The molecule has 2 atom stereocenters. The highest BCUT2D eigenvalue weighted by Gasteiger charge is 2.26. The van der Waals surface area contributed by atoms with Gasteiger partial charge in [0, 0.05) is 30.0 Å². The largest absolute Gasteiger partial charge is 0.391 e. The monoisotopic (exact) mass is 392 g/mol. The first-order chi connectivity index (χ1) is 11.6. The van der Waals surface area contributed by atoms with Gasteiger partial charge < -0.3 is 15.7 Å². The fraction of sp³-hybridized carbons (Fsp3) is 0.412. The van der Waals surface area contributed by atoms with Gasteiger partial charge in [0.1, 0.15) is 0 Å². The van der Waals surface area contributed by atoms with Gasteiger partial charge in [0.2, 0.25) is 0 Å². The highest BCUT2D eigenvalue weighted by molar-refractivity contribution is 9.10. The van der Waals surface area contributed by atoms with Crippen molar-refractivity contribution in [3.63, 3.8) is 0 Å². The van der Waals surface area contributed by atoms with Crippen LogP contribution in [-0.2, 0) is 6.42 Å². The zero-order chi connectivity index (χ0) is 17.1. The molecule has 0 radical (unpaired) electrons. The van der Waals surface area contributed by atoms with Gasteiger partial charge in [0.15, 0.2) is 0 Å². The summed E-state index contributed by atoms with van der Waals surface area (Å²) in [5.41, 5.74) is 2.38. The number of hydrogen-bond acceptors (Lipinski definition) is 4. The average Bonchev–Trinajstić information content (AvgIpc) is 3.19. The zero-order valence-corrected chi connectivity index (χ0v) is 15.1. The Hall–Kier alpha value is -1.70. The second-order valence-electron chi connectivity index (χ2n) is 5.94. The van der Waals surface area contributed by atoms with E-state index in [2.05, 4.69) is 31.7 Å². The molecule has 0 spiro atoms. The summed E-state index contributed by atoms with van der Waals surface area (Å²) >= 11 is 3.42. The molecule has 1 amide bonds. The van der Waals surface area contributed by atoms with Crippen molar-refractivity contribution in [2.75, 3.05) is 19.6 Å². The Bertz CT molecular complexity index is 714. The smallest absolute Gasteiger partial charge is 0.254 e. The molecule has 3 rings (SSSR count). The van der Waals surface area contributed by atoms with Crippen molar-refractivity contribution >= 4 is 21.8 Å². The summed E-state index contributed by atoms with van der Waals surface area (Å²) in [4.78, 5) is 12.5. The van der Waals surface area contributed by atoms with E-state index in [9.17, 15) is 9.90 Å². The fourth-order valence-electron chi connectivity index (χ4n) is 2.96. The number of aliphatic hydroxyl groups excluding tert-OH is 1. The van der Waals surface area contributed by atoms with Gasteiger partial charge in [-0.05, 0) is 30.7 Å². The molecule has 2 unspecified atom stereocenters. The van der Waals surface area contributed by atoms with E-state index in [0.29, 0.717) is 25.1 Å². The number of rotatable bonds is 5. The number of nitrogens with one attached hydrogen (secondary N) is 2. The van der Waals surface area contributed by atoms with Gasteiger partial charge in [0.05, 0.1) is 29.2 Å². The maximum Gasteiger partial charge on any atom is 0.254 e. The van der Waals surface area contributed by atoms with Crippen LogP contribution < -0.4 is 10.6 Å². The van der Waals surface area contributed by atoms with E-state index in [1.807, 2.05) is 31.2 Å². The number of halogens is 1. The predicted octanol–water partition coefficient (Wildman–Crippen LogP) is 1.51. The van der Waals surface area contributed by atoms with Gasteiger partial charge >= 0.3 is 0 Å². The van der Waals surface area contributed by atoms with Gasteiger partial charge in [-0.15, -0.1) is 0 Å². The standard InChI is InChI=1S/C17H21BrN4O2/c1-2-15-14(17(24)20-8-11-7-19-10-16(11)23)9-21-22(15)13-5-3-12(18)4-6-13/h3-6,9,11,16,19,23H,2,7-8,10H2,1H3,(H,20,24). The summed E-state index contributed by atoms with van der Waals surface area (Å²) in [6, 6.07) is 7.81. The van der Waals surface area contributed by atoms with Crippen LogP contribution in [-0.4, -0.2) is 46.5 Å². The Labute approximate surface area is 149 Å². The van der Waals surface area contributed by atoms with Gasteiger partial charge in [-0.1, -0.05) is 22.9 Å². The molecule has 2 heterocycles. The number of carbonyl (C=O) groups is 1. The molecule has 2 aromatic rings. The number of aromatic nitrogens is 2. The summed E-state index contributed by atoms with van der Waals surface area (Å²) in [5, 5.41) is 20.2. The normalized spacial score (nSPS) is 20.3. The number of carbonyl (C=O) groups excluding carboxylic acids is 1. The van der Waals surface area contributed by atoms with E-state index in [-0.39, 0.29) is 11.8 Å². The van der Waals surface area contributed by atoms with E-state index >= 15 is 0 Å². The van der Waals surface area contributed by atoms with Crippen molar-refractivity contribution < 1.29 is 9.90 Å². The lowest BCUT2D eigenvalue weighted by atomic mass is 10.1. The lowest BCUT2D eigenvalue weighted by Crippen LogP contribution is -2.34. The van der Waals surface area contributed by atoms with Crippen LogP contribution in [0.2, 0.25) is 0 Å². The first-order valence-corrected chi connectivity index (χ1v) is 8.89. The molecular formula is C17H21BrN4O2. The first kappa shape index (κ1) is 17.1. The molecule has 7 heteroatoms. The molecule has 3 N–H and O–H groups in total. The second-order valence-corrected chi connectivity index (χ2v) is 6.86. The van der Waals surface area contributed by atoms with Gasteiger partial charge in [0.25, 0.3) is 5.91 Å². The molecule has 0 saturated carbocycles. The van der Waals surface area contributed by atoms with Crippen LogP contribution in [0, 0.1) is 5.92 Å². The van der Waals surface area contributed by atoms with Crippen molar-refractivity contribution in [2.45, 2.75) is 19.4 Å². The quantitative estimate of drug-likeness (QED) is 0.720. The number of β-amino-alcohol motifs (C(OH)–C–C–N with tert-alkyl or cyclic N) is 1. The van der Waals surface area contributed by atoms with Gasteiger partial charge in [-0.25, -0.2) is 4.68 Å². The van der Waals surface area contributed by atoms with Crippen molar-refractivity contribution in [3.05, 3.63) is 46.2 Å². The van der Waals surface area contributed by atoms with Crippen LogP contribution in [0.15, 0.2) is 34.9 Å². The molecule has 24 heavy (non-hydrogen) atoms. The van der Waals surface area contributed by atoms with Gasteiger partial charge in [-0.3, -0.25) is 4.79 Å². The molecule has 1 fully saturated rings. The minimum Gasteiger partial charge on any atom is -0.391 e. The summed E-state index contributed by atoms with van der Waals surface area (Å²) in [6.07, 6.45) is 1.91. The third-order valence-corrected chi connectivity index (χ3v) is 4.88. The molecule has 0 aliphatic carbocycles. The van der Waals surface area contributed by atoms with Crippen LogP contribution in [0.4, 0.5) is 0 Å². The molecular weight excluding hydrogens is 372 g/mol. The van der Waals surface area contributed by atoms with Crippen molar-refractivity contribution in [2.24, 2.45) is 5.92 Å². The highest BCUT2D eigenvalue weighted by atomic mass is 79.9. The Kier molecular flexibility index (Phi) is 5.33. The highest BCUT2D eigenvalue weighted by Crippen LogP contribution is 2.18. The van der Waals surface area contributed by atoms with E-state index in [4.69, 9.17) is 0 Å². The summed E-state index contributed by atoms with van der Waals surface area (Å²) in [7, 11) is 0. The molecule has 1 aromatic heterocycles. The SMILES string of the molecule is CCc1c(C(=O)NCC2CNCC2O)cnn1-c1ccc(Br)cc1. The molecule has 1 aliphatic heterocycles. The maximum atomic E-state index is 12.5. The van der Waals surface area contributed by atoms with E-state index < -0.39 is 6.10 Å². The molecule has 1 aromatic carbocycles. The van der Waals surface area contributed by atoms with Crippen molar-refractivity contribution in [3.8, 4) is 5.69 Å².